The van der Waals surface area contributed by atoms with Gasteiger partial charge in [-0.1, -0.05) is 0 Å². The van der Waals surface area contributed by atoms with Crippen LogP contribution in [0.25, 0.3) is 11.3 Å². The maximum atomic E-state index is 10.6. The van der Waals surface area contributed by atoms with Crippen molar-refractivity contribution >= 4 is 33.2 Å². The summed E-state index contributed by atoms with van der Waals surface area (Å²) in [5, 5.41) is 11.2. The summed E-state index contributed by atoms with van der Waals surface area (Å²) >= 11 is 4.80. The largest absolute Gasteiger partial charge is 0.497 e. The van der Waals surface area contributed by atoms with Gasteiger partial charge in [0, 0.05) is 15.4 Å². The molecule has 4 nitrogen and oxygen atoms in total. The molecule has 0 saturated carbocycles. The highest BCUT2D eigenvalue weighted by Crippen LogP contribution is 2.32. The van der Waals surface area contributed by atoms with Crippen LogP contribution in [0, 0.1) is 0 Å². The van der Waals surface area contributed by atoms with Crippen molar-refractivity contribution in [3.05, 3.63) is 33.1 Å². The Bertz CT molecular complexity index is 582. The summed E-state index contributed by atoms with van der Waals surface area (Å²) in [4.78, 5) is 14.9. The van der Waals surface area contributed by atoms with E-state index in [1.807, 2.05) is 23.6 Å². The number of aliphatic carboxylic acids is 1. The van der Waals surface area contributed by atoms with Crippen LogP contribution in [0.3, 0.4) is 0 Å². The number of ether oxygens (including phenoxy) is 1. The van der Waals surface area contributed by atoms with Crippen molar-refractivity contribution in [2.24, 2.45) is 0 Å². The maximum absolute atomic E-state index is 10.6. The Kier molecular flexibility index (Phi) is 3.98. The van der Waals surface area contributed by atoms with Gasteiger partial charge in [0.1, 0.15) is 10.8 Å². The zero-order valence-corrected chi connectivity index (χ0v) is 11.9. The van der Waals surface area contributed by atoms with Crippen LogP contribution in [-0.4, -0.2) is 23.2 Å². The Morgan fingerprint density at radius 3 is 2.94 bits per heavy atom. The number of methoxy groups -OCH3 is 1. The molecule has 0 fully saturated rings. The van der Waals surface area contributed by atoms with E-state index in [1.165, 1.54) is 11.3 Å². The van der Waals surface area contributed by atoms with E-state index in [4.69, 9.17) is 9.84 Å². The molecule has 0 bridgehead atoms. The Morgan fingerprint density at radius 2 is 2.33 bits per heavy atom. The monoisotopic (exact) mass is 327 g/mol. The third-order valence-corrected chi connectivity index (χ3v) is 3.81. The van der Waals surface area contributed by atoms with Gasteiger partial charge in [-0.3, -0.25) is 4.79 Å². The van der Waals surface area contributed by atoms with Crippen molar-refractivity contribution in [3.63, 3.8) is 0 Å². The fraction of sp³-hybridized carbons (Fsp3) is 0.167. The van der Waals surface area contributed by atoms with Gasteiger partial charge in [-0.25, -0.2) is 4.98 Å². The predicted octanol–water partition coefficient (Wildman–Crippen LogP) is 3.21. The molecular weight excluding hydrogens is 318 g/mol. The quantitative estimate of drug-likeness (QED) is 0.936. The summed E-state index contributed by atoms with van der Waals surface area (Å²) in [7, 11) is 1.61. The first-order valence-corrected chi connectivity index (χ1v) is 6.77. The number of carboxylic acids is 1. The van der Waals surface area contributed by atoms with Crippen molar-refractivity contribution in [3.8, 4) is 17.0 Å². The van der Waals surface area contributed by atoms with Gasteiger partial charge in [0.05, 0.1) is 19.2 Å². The first kappa shape index (κ1) is 13.0. The van der Waals surface area contributed by atoms with Crippen LogP contribution in [0.15, 0.2) is 28.1 Å². The number of halogens is 1. The average molecular weight is 328 g/mol. The summed E-state index contributed by atoms with van der Waals surface area (Å²) in [6, 6.07) is 5.59. The van der Waals surface area contributed by atoms with E-state index in [2.05, 4.69) is 20.9 Å². The summed E-state index contributed by atoms with van der Waals surface area (Å²) in [5.41, 5.74) is 1.69. The molecule has 2 rings (SSSR count). The fourth-order valence-corrected chi connectivity index (χ4v) is 2.82. The van der Waals surface area contributed by atoms with E-state index in [0.29, 0.717) is 5.01 Å². The molecular formula is C12H10BrNO3S. The van der Waals surface area contributed by atoms with E-state index >= 15 is 0 Å². The topological polar surface area (TPSA) is 59.4 Å². The van der Waals surface area contributed by atoms with Crippen molar-refractivity contribution in [2.75, 3.05) is 7.11 Å². The van der Waals surface area contributed by atoms with Crippen LogP contribution in [0.4, 0.5) is 0 Å². The normalized spacial score (nSPS) is 10.3. The Morgan fingerprint density at radius 1 is 1.56 bits per heavy atom. The third-order valence-electron chi connectivity index (χ3n) is 2.31. The molecule has 18 heavy (non-hydrogen) atoms. The molecule has 0 aliphatic carbocycles. The fourth-order valence-electron chi connectivity index (χ4n) is 1.48. The average Bonchev–Trinajstić information content (AvgIpc) is 2.76. The highest BCUT2D eigenvalue weighted by Gasteiger charge is 2.10. The number of benzene rings is 1. The van der Waals surface area contributed by atoms with Gasteiger partial charge in [0.2, 0.25) is 0 Å². The molecule has 1 heterocycles. The lowest BCUT2D eigenvalue weighted by atomic mass is 10.2. The lowest BCUT2D eigenvalue weighted by Gasteiger charge is -2.04. The van der Waals surface area contributed by atoms with E-state index < -0.39 is 5.97 Å². The highest BCUT2D eigenvalue weighted by molar-refractivity contribution is 9.10. The molecule has 1 aromatic heterocycles. The van der Waals surface area contributed by atoms with E-state index in [-0.39, 0.29) is 6.42 Å². The van der Waals surface area contributed by atoms with Gasteiger partial charge >= 0.3 is 5.97 Å². The number of carbonyl (C=O) groups is 1. The van der Waals surface area contributed by atoms with Crippen LogP contribution >= 0.6 is 27.3 Å². The summed E-state index contributed by atoms with van der Waals surface area (Å²) in [6.07, 6.45) is -0.0432. The molecule has 0 unspecified atom stereocenters. The van der Waals surface area contributed by atoms with Gasteiger partial charge < -0.3 is 9.84 Å². The smallest absolute Gasteiger partial charge is 0.310 e. The van der Waals surface area contributed by atoms with Gasteiger partial charge in [-0.15, -0.1) is 11.3 Å². The first-order chi connectivity index (χ1) is 8.60. The molecule has 1 N–H and O–H groups in total. The molecule has 0 spiro atoms. The van der Waals surface area contributed by atoms with Crippen LogP contribution in [0.1, 0.15) is 5.01 Å². The second-order valence-corrected chi connectivity index (χ2v) is 5.34. The van der Waals surface area contributed by atoms with Gasteiger partial charge in [-0.2, -0.15) is 0 Å². The molecule has 0 atom stereocenters. The highest BCUT2D eigenvalue weighted by atomic mass is 79.9. The van der Waals surface area contributed by atoms with Crippen LogP contribution in [0.2, 0.25) is 0 Å². The number of nitrogens with zero attached hydrogens (tertiary/aromatic N) is 1. The van der Waals surface area contributed by atoms with E-state index in [1.54, 1.807) is 7.11 Å². The minimum absolute atomic E-state index is 0.0432. The summed E-state index contributed by atoms with van der Waals surface area (Å²) in [5.74, 6) is -0.115. The molecule has 94 valence electrons. The molecule has 0 saturated heterocycles. The van der Waals surface area contributed by atoms with Crippen molar-refractivity contribution in [1.82, 2.24) is 4.98 Å². The van der Waals surface area contributed by atoms with Gasteiger partial charge in [0.25, 0.3) is 0 Å². The van der Waals surface area contributed by atoms with Crippen LogP contribution in [0.5, 0.6) is 5.75 Å². The van der Waals surface area contributed by atoms with Crippen molar-refractivity contribution in [1.29, 1.82) is 0 Å². The van der Waals surface area contributed by atoms with Gasteiger partial charge in [-0.05, 0) is 34.1 Å². The van der Waals surface area contributed by atoms with Crippen molar-refractivity contribution < 1.29 is 14.6 Å². The van der Waals surface area contributed by atoms with Gasteiger partial charge in [0.15, 0.2) is 0 Å². The minimum Gasteiger partial charge on any atom is -0.497 e. The van der Waals surface area contributed by atoms with E-state index in [0.717, 1.165) is 21.5 Å². The van der Waals surface area contributed by atoms with Crippen LogP contribution in [-0.2, 0) is 11.2 Å². The molecule has 1 aromatic carbocycles. The van der Waals surface area contributed by atoms with Crippen molar-refractivity contribution in [2.45, 2.75) is 6.42 Å². The SMILES string of the molecule is COc1ccc(-c2csc(CC(=O)O)n2)c(Br)c1. The van der Waals surface area contributed by atoms with Crippen LogP contribution < -0.4 is 4.74 Å². The number of hydrogen-bond donors (Lipinski definition) is 1. The second kappa shape index (κ2) is 5.49. The number of thiazole rings is 1. The number of rotatable bonds is 4. The molecule has 0 aliphatic heterocycles. The summed E-state index contributed by atoms with van der Waals surface area (Å²) in [6.45, 7) is 0. The second-order valence-electron chi connectivity index (χ2n) is 3.54. The third kappa shape index (κ3) is 2.88. The standard InChI is InChI=1S/C12H10BrNO3S/c1-17-7-2-3-8(9(13)4-7)10-6-18-11(14-10)5-12(15)16/h2-4,6H,5H2,1H3,(H,15,16). The summed E-state index contributed by atoms with van der Waals surface area (Å²) < 4.78 is 5.99. The first-order valence-electron chi connectivity index (χ1n) is 5.10. The van der Waals surface area contributed by atoms with E-state index in [9.17, 15) is 4.79 Å². The predicted molar refractivity (Wildman–Crippen MR) is 73.1 cm³/mol. The lowest BCUT2D eigenvalue weighted by molar-refractivity contribution is -0.136. The minimum atomic E-state index is -0.871. The Hall–Kier alpha value is -1.40. The molecule has 6 heteroatoms. The Balaban J connectivity index is 2.31. The zero-order chi connectivity index (χ0) is 13.1. The molecule has 2 aromatic rings. The molecule has 0 amide bonds. The zero-order valence-electron chi connectivity index (χ0n) is 9.51. The number of aromatic nitrogens is 1. The number of hydrogen-bond acceptors (Lipinski definition) is 4. The number of carboxylic acid groups (broad SMARTS) is 1. The molecule has 0 radical (unpaired) electrons. The maximum Gasteiger partial charge on any atom is 0.310 e. The molecule has 0 aliphatic rings. The Labute approximate surface area is 116 Å². The lowest BCUT2D eigenvalue weighted by Crippen LogP contribution is -1.99.